The number of hydrogen-bond acceptors (Lipinski definition) is 4. The summed E-state index contributed by atoms with van der Waals surface area (Å²) in [4.78, 5) is 0. The van der Waals surface area contributed by atoms with Gasteiger partial charge in [-0.1, -0.05) is 43.0 Å². The molecule has 0 aromatic heterocycles. The minimum atomic E-state index is -0.439. The molecule has 1 unspecified atom stereocenters. The van der Waals surface area contributed by atoms with Gasteiger partial charge >= 0.3 is 7.12 Å². The SMILES string of the molecule is C=C/C(=C\C=C\NC(C#N)/C(C)=C/C)B1OC(C)(C)C(C)(C)O1.Fc1ccccc1. The topological polar surface area (TPSA) is 54.3 Å². The molecule has 0 spiro atoms. The van der Waals surface area contributed by atoms with Crippen LogP contribution < -0.4 is 5.32 Å². The highest BCUT2D eigenvalue weighted by molar-refractivity contribution is 6.55. The summed E-state index contributed by atoms with van der Waals surface area (Å²) in [6.45, 7) is 15.7. The third kappa shape index (κ3) is 7.33. The summed E-state index contributed by atoms with van der Waals surface area (Å²) in [5, 5.41) is 12.2. The Hall–Kier alpha value is -2.62. The second-order valence-corrected chi connectivity index (χ2v) is 7.88. The minimum Gasteiger partial charge on any atom is -0.399 e. The van der Waals surface area contributed by atoms with Gasteiger partial charge in [-0.2, -0.15) is 5.26 Å². The van der Waals surface area contributed by atoms with Crippen molar-refractivity contribution in [1.82, 2.24) is 5.32 Å². The van der Waals surface area contributed by atoms with Gasteiger partial charge in [0, 0.05) is 0 Å². The molecule has 1 heterocycles. The molecule has 1 N–H and O–H groups in total. The maximum absolute atomic E-state index is 11.9. The highest BCUT2D eigenvalue weighted by Crippen LogP contribution is 2.38. The number of halogens is 1. The van der Waals surface area contributed by atoms with Crippen molar-refractivity contribution in [2.24, 2.45) is 0 Å². The molecule has 30 heavy (non-hydrogen) atoms. The zero-order valence-corrected chi connectivity index (χ0v) is 18.8. The van der Waals surface area contributed by atoms with Crippen LogP contribution in [0.15, 0.2) is 78.5 Å². The maximum Gasteiger partial charge on any atom is 0.494 e. The van der Waals surface area contributed by atoms with Gasteiger partial charge in [0.25, 0.3) is 0 Å². The van der Waals surface area contributed by atoms with Crippen LogP contribution >= 0.6 is 0 Å². The van der Waals surface area contributed by atoms with Crippen LogP contribution in [0.5, 0.6) is 0 Å². The van der Waals surface area contributed by atoms with E-state index < -0.39 is 7.12 Å². The van der Waals surface area contributed by atoms with Crippen molar-refractivity contribution in [3.8, 4) is 6.07 Å². The lowest BCUT2D eigenvalue weighted by Gasteiger charge is -2.32. The molecule has 0 bridgehead atoms. The van der Waals surface area contributed by atoms with E-state index in [4.69, 9.17) is 14.6 Å². The standard InChI is InChI=1S/C18H27BN2O2.C6H5F/c1-8-14(3)16(13-20)21-12-10-11-15(9-2)19-22-17(4,5)18(6,7)23-19;7-6-4-2-1-3-5-6/h8-12,16,21H,2H2,1,3-7H3;1-5H/b12-10+,14-8+,15-11+;. The van der Waals surface area contributed by atoms with E-state index in [9.17, 15) is 4.39 Å². The zero-order valence-electron chi connectivity index (χ0n) is 18.8. The van der Waals surface area contributed by atoms with E-state index in [1.807, 2.05) is 59.8 Å². The second kappa shape index (κ2) is 11.5. The molecule has 0 radical (unpaired) electrons. The number of nitrogens with zero attached hydrogens (tertiary/aromatic N) is 1. The highest BCUT2D eigenvalue weighted by atomic mass is 19.1. The van der Waals surface area contributed by atoms with Gasteiger partial charge in [-0.3, -0.25) is 0 Å². The van der Waals surface area contributed by atoms with Gasteiger partial charge in [0.2, 0.25) is 0 Å². The van der Waals surface area contributed by atoms with Crippen LogP contribution in [0.4, 0.5) is 4.39 Å². The van der Waals surface area contributed by atoms with Crippen molar-refractivity contribution in [3.05, 3.63) is 84.3 Å². The van der Waals surface area contributed by atoms with E-state index in [1.165, 1.54) is 12.1 Å². The predicted molar refractivity (Wildman–Crippen MR) is 122 cm³/mol. The Balaban J connectivity index is 0.000000539. The molecule has 1 aromatic rings. The van der Waals surface area contributed by atoms with Crippen LogP contribution in [-0.4, -0.2) is 24.4 Å². The van der Waals surface area contributed by atoms with Gasteiger partial charge in [-0.15, -0.1) is 0 Å². The number of allylic oxidation sites excluding steroid dienone is 5. The number of nitriles is 1. The first kappa shape index (κ1) is 25.4. The van der Waals surface area contributed by atoms with Gasteiger partial charge in [0.05, 0.1) is 17.3 Å². The monoisotopic (exact) mass is 410 g/mol. The second-order valence-electron chi connectivity index (χ2n) is 7.88. The molecule has 2 rings (SSSR count). The van der Waals surface area contributed by atoms with Crippen LogP contribution in [-0.2, 0) is 9.31 Å². The Morgan fingerprint density at radius 2 is 1.77 bits per heavy atom. The van der Waals surface area contributed by atoms with Crippen LogP contribution in [0, 0.1) is 17.1 Å². The fraction of sp³-hybridized carbons (Fsp3) is 0.375. The van der Waals surface area contributed by atoms with Crippen LogP contribution in [0.3, 0.4) is 0 Å². The van der Waals surface area contributed by atoms with Crippen LogP contribution in [0.2, 0.25) is 0 Å². The number of benzene rings is 1. The molecule has 0 amide bonds. The van der Waals surface area contributed by atoms with Crippen molar-refractivity contribution >= 4 is 7.12 Å². The van der Waals surface area contributed by atoms with Gasteiger partial charge in [-0.25, -0.2) is 4.39 Å². The third-order valence-electron chi connectivity index (χ3n) is 5.18. The Kier molecular flexibility index (Phi) is 9.78. The Labute approximate surface area is 180 Å². The molecule has 1 aromatic carbocycles. The maximum atomic E-state index is 11.9. The van der Waals surface area contributed by atoms with E-state index in [2.05, 4.69) is 18.0 Å². The largest absolute Gasteiger partial charge is 0.494 e. The quantitative estimate of drug-likeness (QED) is 0.381. The predicted octanol–water partition coefficient (Wildman–Crippen LogP) is 5.52. The van der Waals surface area contributed by atoms with Gasteiger partial charge in [0.15, 0.2) is 0 Å². The molecular weight excluding hydrogens is 378 g/mol. The van der Waals surface area contributed by atoms with Crippen molar-refractivity contribution in [2.45, 2.75) is 58.8 Å². The Morgan fingerprint density at radius 3 is 2.17 bits per heavy atom. The number of hydrogen-bond donors (Lipinski definition) is 1. The Morgan fingerprint density at radius 1 is 1.20 bits per heavy atom. The summed E-state index contributed by atoms with van der Waals surface area (Å²) in [5.74, 6) is -0.178. The number of nitrogens with one attached hydrogen (secondary N) is 1. The zero-order chi connectivity index (χ0) is 22.8. The molecule has 1 saturated heterocycles. The van der Waals surface area contributed by atoms with E-state index in [-0.39, 0.29) is 23.1 Å². The normalized spacial score (nSPS) is 18.9. The van der Waals surface area contributed by atoms with Gasteiger partial charge in [0.1, 0.15) is 11.9 Å². The summed E-state index contributed by atoms with van der Waals surface area (Å²) in [5.41, 5.74) is 1.07. The summed E-state index contributed by atoms with van der Waals surface area (Å²) >= 11 is 0. The highest BCUT2D eigenvalue weighted by Gasteiger charge is 2.51. The third-order valence-corrected chi connectivity index (χ3v) is 5.18. The summed E-state index contributed by atoms with van der Waals surface area (Å²) < 4.78 is 23.9. The molecule has 6 heteroatoms. The smallest absolute Gasteiger partial charge is 0.399 e. The number of rotatable bonds is 6. The molecular formula is C24H32BFN2O2. The molecule has 4 nitrogen and oxygen atoms in total. The van der Waals surface area contributed by atoms with Crippen LogP contribution in [0.25, 0.3) is 0 Å². The van der Waals surface area contributed by atoms with Crippen molar-refractivity contribution in [1.29, 1.82) is 5.26 Å². The minimum absolute atomic E-state index is 0.178. The average Bonchev–Trinajstić information content (AvgIpc) is 2.92. The van der Waals surface area contributed by atoms with Crippen molar-refractivity contribution in [2.75, 3.05) is 0 Å². The summed E-state index contributed by atoms with van der Waals surface area (Å²) in [7, 11) is -0.439. The van der Waals surface area contributed by atoms with Crippen LogP contribution in [0.1, 0.15) is 41.5 Å². The molecule has 1 aliphatic rings. The van der Waals surface area contributed by atoms with E-state index >= 15 is 0 Å². The van der Waals surface area contributed by atoms with Gasteiger partial charge in [-0.05, 0) is 77.0 Å². The molecule has 0 aliphatic carbocycles. The fourth-order valence-corrected chi connectivity index (χ4v) is 2.38. The average molecular weight is 410 g/mol. The van der Waals surface area contributed by atoms with Crippen molar-refractivity contribution < 1.29 is 13.7 Å². The lowest BCUT2D eigenvalue weighted by molar-refractivity contribution is 0.00578. The first-order chi connectivity index (χ1) is 14.1. The Bertz CT molecular complexity index is 807. The molecule has 0 saturated carbocycles. The lowest BCUT2D eigenvalue weighted by Crippen LogP contribution is -2.41. The summed E-state index contributed by atoms with van der Waals surface area (Å²) in [6.07, 6.45) is 9.10. The van der Waals surface area contributed by atoms with E-state index in [0.717, 1.165) is 11.0 Å². The molecule has 160 valence electrons. The molecule has 1 aliphatic heterocycles. The van der Waals surface area contributed by atoms with E-state index in [1.54, 1.807) is 30.5 Å². The first-order valence-corrected chi connectivity index (χ1v) is 9.91. The van der Waals surface area contributed by atoms with Crippen molar-refractivity contribution in [3.63, 3.8) is 0 Å². The van der Waals surface area contributed by atoms with Gasteiger partial charge < -0.3 is 14.6 Å². The lowest BCUT2D eigenvalue weighted by atomic mass is 9.78. The fourth-order valence-electron chi connectivity index (χ4n) is 2.38. The first-order valence-electron chi connectivity index (χ1n) is 9.91. The summed E-state index contributed by atoms with van der Waals surface area (Å²) in [6, 6.07) is 9.82. The van der Waals surface area contributed by atoms with E-state index in [0.29, 0.717) is 0 Å². The molecule has 1 atom stereocenters. The molecule has 1 fully saturated rings.